The predicted molar refractivity (Wildman–Crippen MR) is 75.7 cm³/mol. The minimum Gasteiger partial charge on any atom is -0.493 e. The van der Waals surface area contributed by atoms with Crippen LogP contribution < -0.4 is 4.74 Å². The van der Waals surface area contributed by atoms with E-state index >= 15 is 0 Å². The number of ether oxygens (including phenoxy) is 1. The first-order chi connectivity index (χ1) is 9.31. The summed E-state index contributed by atoms with van der Waals surface area (Å²) < 4.78 is 7.91. The fourth-order valence-corrected chi connectivity index (χ4v) is 2.72. The molecule has 0 bridgehead atoms. The van der Waals surface area contributed by atoms with Crippen molar-refractivity contribution in [2.24, 2.45) is 0 Å². The summed E-state index contributed by atoms with van der Waals surface area (Å²) >= 11 is 0. The van der Waals surface area contributed by atoms with Crippen molar-refractivity contribution in [2.45, 2.75) is 39.2 Å². The SMILES string of the molecule is CCc1cc(CC)n(CC2COc3ccccc32)n1. The second kappa shape index (κ2) is 5.08. The monoisotopic (exact) mass is 256 g/mol. The minimum absolute atomic E-state index is 0.422. The second-order valence-corrected chi connectivity index (χ2v) is 5.06. The van der Waals surface area contributed by atoms with Gasteiger partial charge in [-0.3, -0.25) is 4.68 Å². The summed E-state index contributed by atoms with van der Waals surface area (Å²) in [5.41, 5.74) is 3.82. The van der Waals surface area contributed by atoms with Crippen LogP contribution in [0.1, 0.15) is 36.7 Å². The van der Waals surface area contributed by atoms with Crippen molar-refractivity contribution in [1.82, 2.24) is 9.78 Å². The molecular weight excluding hydrogens is 236 g/mol. The number of hydrogen-bond acceptors (Lipinski definition) is 2. The molecule has 0 radical (unpaired) electrons. The summed E-state index contributed by atoms with van der Waals surface area (Å²) in [6.07, 6.45) is 2.03. The first kappa shape index (κ1) is 12.3. The highest BCUT2D eigenvalue weighted by Crippen LogP contribution is 2.34. The third-order valence-corrected chi connectivity index (χ3v) is 3.83. The van der Waals surface area contributed by atoms with Crippen LogP contribution >= 0.6 is 0 Å². The van der Waals surface area contributed by atoms with Crippen molar-refractivity contribution in [2.75, 3.05) is 6.61 Å². The zero-order valence-electron chi connectivity index (χ0n) is 11.6. The van der Waals surface area contributed by atoms with E-state index in [0.717, 1.165) is 31.7 Å². The lowest BCUT2D eigenvalue weighted by molar-refractivity contribution is 0.313. The Morgan fingerprint density at radius 1 is 1.26 bits per heavy atom. The van der Waals surface area contributed by atoms with E-state index < -0.39 is 0 Å². The molecular formula is C16H20N2O. The summed E-state index contributed by atoms with van der Waals surface area (Å²) in [4.78, 5) is 0. The van der Waals surface area contributed by atoms with Gasteiger partial charge in [0.2, 0.25) is 0 Å². The fourth-order valence-electron chi connectivity index (χ4n) is 2.72. The average molecular weight is 256 g/mol. The molecule has 3 nitrogen and oxygen atoms in total. The Balaban J connectivity index is 1.85. The summed E-state index contributed by atoms with van der Waals surface area (Å²) in [5, 5.41) is 4.70. The summed E-state index contributed by atoms with van der Waals surface area (Å²) in [5.74, 6) is 1.46. The Morgan fingerprint density at radius 2 is 2.11 bits per heavy atom. The molecule has 1 aliphatic rings. The molecule has 0 fully saturated rings. The first-order valence-corrected chi connectivity index (χ1v) is 7.09. The van der Waals surface area contributed by atoms with Gasteiger partial charge in [0.25, 0.3) is 0 Å². The van der Waals surface area contributed by atoms with Gasteiger partial charge in [-0.05, 0) is 25.0 Å². The minimum atomic E-state index is 0.422. The van der Waals surface area contributed by atoms with E-state index in [-0.39, 0.29) is 0 Å². The van der Waals surface area contributed by atoms with Gasteiger partial charge in [0.1, 0.15) is 5.75 Å². The predicted octanol–water partition coefficient (Wildman–Crippen LogP) is 3.18. The van der Waals surface area contributed by atoms with Gasteiger partial charge in [-0.25, -0.2) is 0 Å². The van der Waals surface area contributed by atoms with Gasteiger partial charge in [0.15, 0.2) is 0 Å². The number of para-hydroxylation sites is 1. The van der Waals surface area contributed by atoms with Crippen LogP contribution in [0.4, 0.5) is 0 Å². The second-order valence-electron chi connectivity index (χ2n) is 5.06. The molecule has 1 aromatic heterocycles. The van der Waals surface area contributed by atoms with E-state index in [1.54, 1.807) is 0 Å². The zero-order chi connectivity index (χ0) is 13.2. The number of rotatable bonds is 4. The molecule has 2 aromatic rings. The number of aromatic nitrogens is 2. The average Bonchev–Trinajstić information content (AvgIpc) is 3.04. The van der Waals surface area contributed by atoms with Gasteiger partial charge >= 0.3 is 0 Å². The van der Waals surface area contributed by atoms with Gasteiger partial charge in [0, 0.05) is 17.2 Å². The number of benzene rings is 1. The fraction of sp³-hybridized carbons (Fsp3) is 0.438. The lowest BCUT2D eigenvalue weighted by Gasteiger charge is -2.11. The van der Waals surface area contributed by atoms with Crippen LogP contribution in [0.15, 0.2) is 30.3 Å². The maximum Gasteiger partial charge on any atom is 0.122 e. The number of nitrogens with zero attached hydrogens (tertiary/aromatic N) is 2. The van der Waals surface area contributed by atoms with Crippen molar-refractivity contribution in [3.63, 3.8) is 0 Å². The molecule has 0 amide bonds. The molecule has 2 heterocycles. The smallest absolute Gasteiger partial charge is 0.122 e. The summed E-state index contributed by atoms with van der Waals surface area (Å²) in [6.45, 7) is 6.02. The van der Waals surface area contributed by atoms with Gasteiger partial charge in [-0.2, -0.15) is 5.10 Å². The topological polar surface area (TPSA) is 27.1 Å². The molecule has 0 saturated heterocycles. The van der Waals surface area contributed by atoms with Crippen LogP contribution in [-0.4, -0.2) is 16.4 Å². The van der Waals surface area contributed by atoms with Crippen molar-refractivity contribution >= 4 is 0 Å². The molecule has 1 atom stereocenters. The Kier molecular flexibility index (Phi) is 3.28. The zero-order valence-corrected chi connectivity index (χ0v) is 11.6. The van der Waals surface area contributed by atoms with Crippen molar-refractivity contribution < 1.29 is 4.74 Å². The number of hydrogen-bond donors (Lipinski definition) is 0. The molecule has 3 heteroatoms. The van der Waals surface area contributed by atoms with Gasteiger partial charge in [-0.15, -0.1) is 0 Å². The highest BCUT2D eigenvalue weighted by Gasteiger charge is 2.24. The quantitative estimate of drug-likeness (QED) is 0.840. The van der Waals surface area contributed by atoms with Crippen LogP contribution in [-0.2, 0) is 19.4 Å². The van der Waals surface area contributed by atoms with Crippen molar-refractivity contribution in [3.8, 4) is 5.75 Å². The van der Waals surface area contributed by atoms with Crippen molar-refractivity contribution in [1.29, 1.82) is 0 Å². The third kappa shape index (κ3) is 2.25. The van der Waals surface area contributed by atoms with E-state index in [4.69, 9.17) is 9.84 Å². The van der Waals surface area contributed by atoms with Crippen LogP contribution in [0.25, 0.3) is 0 Å². The third-order valence-electron chi connectivity index (χ3n) is 3.83. The highest BCUT2D eigenvalue weighted by atomic mass is 16.5. The van der Waals surface area contributed by atoms with Crippen LogP contribution in [0.3, 0.4) is 0 Å². The van der Waals surface area contributed by atoms with Gasteiger partial charge in [-0.1, -0.05) is 32.0 Å². The number of fused-ring (bicyclic) bond motifs is 1. The Bertz CT molecular complexity index is 574. The standard InChI is InChI=1S/C16H20N2O/c1-3-13-9-14(4-2)18(17-13)10-12-11-19-16-8-6-5-7-15(12)16/h5-9,12H,3-4,10-11H2,1-2H3. The highest BCUT2D eigenvalue weighted by molar-refractivity contribution is 5.39. The Labute approximate surface area is 114 Å². The van der Waals surface area contributed by atoms with Crippen LogP contribution in [0.5, 0.6) is 5.75 Å². The summed E-state index contributed by atoms with van der Waals surface area (Å²) in [7, 11) is 0. The largest absolute Gasteiger partial charge is 0.493 e. The molecule has 100 valence electrons. The van der Waals surface area contributed by atoms with Gasteiger partial charge < -0.3 is 4.74 Å². The molecule has 0 spiro atoms. The molecule has 1 aromatic carbocycles. The normalized spacial score (nSPS) is 17.3. The lowest BCUT2D eigenvalue weighted by atomic mass is 10.0. The Hall–Kier alpha value is -1.77. The molecule has 0 aliphatic carbocycles. The maximum absolute atomic E-state index is 5.75. The van der Waals surface area contributed by atoms with Crippen LogP contribution in [0.2, 0.25) is 0 Å². The lowest BCUT2D eigenvalue weighted by Crippen LogP contribution is -2.14. The van der Waals surface area contributed by atoms with Crippen LogP contribution in [0, 0.1) is 0 Å². The molecule has 1 aliphatic heterocycles. The molecule has 1 unspecified atom stereocenters. The first-order valence-electron chi connectivity index (χ1n) is 7.09. The molecule has 3 rings (SSSR count). The summed E-state index contributed by atoms with van der Waals surface area (Å²) in [6, 6.07) is 10.6. The number of aryl methyl sites for hydroxylation is 2. The van der Waals surface area contributed by atoms with E-state index in [1.165, 1.54) is 17.0 Å². The molecule has 0 N–H and O–H groups in total. The van der Waals surface area contributed by atoms with E-state index in [2.05, 4.69) is 42.8 Å². The van der Waals surface area contributed by atoms with E-state index in [0.29, 0.717) is 5.92 Å². The Morgan fingerprint density at radius 3 is 2.89 bits per heavy atom. The van der Waals surface area contributed by atoms with Crippen molar-refractivity contribution in [3.05, 3.63) is 47.3 Å². The molecule has 0 saturated carbocycles. The van der Waals surface area contributed by atoms with E-state index in [9.17, 15) is 0 Å². The maximum atomic E-state index is 5.75. The van der Waals surface area contributed by atoms with E-state index in [1.807, 2.05) is 6.07 Å². The van der Waals surface area contributed by atoms with Gasteiger partial charge in [0.05, 0.1) is 18.8 Å². The molecule has 19 heavy (non-hydrogen) atoms.